The number of hydrogen-bond donors (Lipinski definition) is 1. The highest BCUT2D eigenvalue weighted by molar-refractivity contribution is 7.82. The van der Waals surface area contributed by atoms with Gasteiger partial charge in [0.25, 0.3) is 5.91 Å². The van der Waals surface area contributed by atoms with Crippen LogP contribution in [0.15, 0.2) is 77.8 Å². The zero-order chi connectivity index (χ0) is 28.2. The highest BCUT2D eigenvalue weighted by Gasteiger charge is 2.48. The van der Waals surface area contributed by atoms with E-state index in [1.807, 2.05) is 39.5 Å². The van der Waals surface area contributed by atoms with Crippen LogP contribution in [-0.4, -0.2) is 64.3 Å². The molecule has 3 aromatic rings. The summed E-state index contributed by atoms with van der Waals surface area (Å²) >= 11 is 0. The molecule has 3 aliphatic heterocycles. The highest BCUT2D eigenvalue weighted by atomic mass is 32.2. The van der Waals surface area contributed by atoms with Crippen LogP contribution in [-0.2, 0) is 37.6 Å². The molecule has 41 heavy (non-hydrogen) atoms. The van der Waals surface area contributed by atoms with E-state index < -0.39 is 16.5 Å². The monoisotopic (exact) mass is 571 g/mol. The zero-order valence-electron chi connectivity index (χ0n) is 23.5. The third kappa shape index (κ3) is 6.14. The average Bonchev–Trinajstić information content (AvgIpc) is 3.34. The number of hydrogen-bond acceptors (Lipinski definition) is 4. The fourth-order valence-electron chi connectivity index (χ4n) is 6.51. The Labute approximate surface area is 244 Å². The van der Waals surface area contributed by atoms with Crippen molar-refractivity contribution in [3.05, 3.63) is 83.9 Å². The van der Waals surface area contributed by atoms with Crippen LogP contribution in [0, 0.1) is 5.92 Å². The van der Waals surface area contributed by atoms with Crippen LogP contribution in [0.2, 0.25) is 0 Å². The van der Waals surface area contributed by atoms with Gasteiger partial charge in [-0.05, 0) is 54.0 Å². The quantitative estimate of drug-likeness (QED) is 0.325. The van der Waals surface area contributed by atoms with Gasteiger partial charge in [0.1, 0.15) is 28.1 Å². The van der Waals surface area contributed by atoms with Gasteiger partial charge >= 0.3 is 0 Å². The van der Waals surface area contributed by atoms with Gasteiger partial charge in [0.2, 0.25) is 5.91 Å². The Kier molecular flexibility index (Phi) is 8.30. The van der Waals surface area contributed by atoms with Gasteiger partial charge < -0.3 is 10.2 Å². The maximum absolute atomic E-state index is 13.2. The van der Waals surface area contributed by atoms with Crippen molar-refractivity contribution >= 4 is 39.4 Å². The maximum atomic E-state index is 13.2. The largest absolute Gasteiger partial charge is 0.342 e. The lowest BCUT2D eigenvalue weighted by molar-refractivity contribution is -0.132. The summed E-state index contributed by atoms with van der Waals surface area (Å²) in [6.07, 6.45) is 4.98. The van der Waals surface area contributed by atoms with Crippen LogP contribution in [0.5, 0.6) is 0 Å². The molecule has 8 heteroatoms. The summed E-state index contributed by atoms with van der Waals surface area (Å²) in [4.78, 5) is 33.1. The third-order valence-electron chi connectivity index (χ3n) is 8.96. The Hall–Kier alpha value is -3.36. The van der Waals surface area contributed by atoms with Crippen LogP contribution < -0.4 is 5.32 Å². The average molecular weight is 572 g/mol. The minimum Gasteiger partial charge on any atom is -0.342 e. The summed E-state index contributed by atoms with van der Waals surface area (Å²) in [6.45, 7) is 2.57. The van der Waals surface area contributed by atoms with E-state index in [4.69, 9.17) is 4.99 Å². The molecule has 2 unspecified atom stereocenters. The van der Waals surface area contributed by atoms with Gasteiger partial charge in [-0.1, -0.05) is 77.0 Å². The number of rotatable bonds is 8. The van der Waals surface area contributed by atoms with Crippen molar-refractivity contribution in [1.29, 1.82) is 0 Å². The molecule has 3 aliphatic rings. The number of nitrogens with zero attached hydrogens (tertiary/aromatic N) is 3. The van der Waals surface area contributed by atoms with Crippen LogP contribution in [0.1, 0.15) is 43.2 Å². The molecule has 2 saturated heterocycles. The molecule has 2 amide bonds. The summed E-state index contributed by atoms with van der Waals surface area (Å²) < 4.78 is 15.3. The highest BCUT2D eigenvalue weighted by Crippen LogP contribution is 2.33. The van der Waals surface area contributed by atoms with Crippen LogP contribution in [0.3, 0.4) is 0 Å². The first kappa shape index (κ1) is 27.8. The van der Waals surface area contributed by atoms with E-state index in [1.165, 1.54) is 21.9 Å². The molecule has 0 saturated carbocycles. The van der Waals surface area contributed by atoms with E-state index in [2.05, 4.69) is 47.8 Å². The third-order valence-corrected chi connectivity index (χ3v) is 10.6. The fraction of sp³-hybridized carbons (Fsp3) is 0.424. The Morgan fingerprint density at radius 3 is 2.54 bits per heavy atom. The van der Waals surface area contributed by atoms with E-state index >= 15 is 0 Å². The molecule has 2 fully saturated rings. The van der Waals surface area contributed by atoms with E-state index in [9.17, 15) is 13.8 Å². The summed E-state index contributed by atoms with van der Waals surface area (Å²) in [5, 5.41) is 5.52. The minimum absolute atomic E-state index is 0.0364. The Balaban J connectivity index is 1.03. The number of nitrogens with one attached hydrogen (secondary N) is 1. The molecule has 0 aliphatic carbocycles. The van der Waals surface area contributed by atoms with Crippen LogP contribution >= 0.6 is 0 Å². The van der Waals surface area contributed by atoms with E-state index in [1.54, 1.807) is 0 Å². The number of carbonyl (C=O) groups is 2. The Bertz CT molecular complexity index is 1460. The normalized spacial score (nSPS) is 21.6. The maximum Gasteiger partial charge on any atom is 0.253 e. The predicted octanol–water partition coefficient (Wildman–Crippen LogP) is 4.23. The summed E-state index contributed by atoms with van der Waals surface area (Å²) in [7, 11) is -1.52. The van der Waals surface area contributed by atoms with Crippen molar-refractivity contribution in [1.82, 2.24) is 14.5 Å². The van der Waals surface area contributed by atoms with Gasteiger partial charge in [-0.2, -0.15) is 0 Å². The van der Waals surface area contributed by atoms with Gasteiger partial charge in [0.15, 0.2) is 0 Å². The lowest BCUT2D eigenvalue weighted by Gasteiger charge is -2.33. The number of carbonyl (C=O) groups excluding carboxylic acids is 2. The number of benzene rings is 3. The molecule has 1 spiro atoms. The van der Waals surface area contributed by atoms with E-state index in [-0.39, 0.29) is 17.7 Å². The summed E-state index contributed by atoms with van der Waals surface area (Å²) in [5.74, 6) is 1.53. The van der Waals surface area contributed by atoms with Crippen LogP contribution in [0.4, 0.5) is 0 Å². The number of likely N-dealkylation sites (tertiary alicyclic amines) is 1. The Morgan fingerprint density at radius 1 is 0.951 bits per heavy atom. The second-order valence-corrected chi connectivity index (χ2v) is 13.3. The summed E-state index contributed by atoms with van der Waals surface area (Å²) in [6, 6.07) is 24.7. The lowest BCUT2D eigenvalue weighted by atomic mass is 9.89. The summed E-state index contributed by atoms with van der Waals surface area (Å²) in [5.41, 5.74) is 1.63. The molecular weight excluding hydrogens is 532 g/mol. The molecule has 0 bridgehead atoms. The minimum atomic E-state index is -1.52. The second kappa shape index (κ2) is 12.2. The van der Waals surface area contributed by atoms with Crippen LogP contribution in [0.25, 0.3) is 10.8 Å². The van der Waals surface area contributed by atoms with Crippen molar-refractivity contribution in [3.8, 4) is 0 Å². The van der Waals surface area contributed by atoms with Crippen molar-refractivity contribution in [2.45, 2.75) is 50.5 Å². The molecule has 0 aromatic heterocycles. The van der Waals surface area contributed by atoms with Crippen molar-refractivity contribution < 1.29 is 13.8 Å². The molecule has 3 heterocycles. The predicted molar refractivity (Wildman–Crippen MR) is 165 cm³/mol. The first-order valence-corrected chi connectivity index (χ1v) is 16.3. The van der Waals surface area contributed by atoms with Crippen molar-refractivity contribution in [3.63, 3.8) is 0 Å². The number of amidine groups is 1. The SMILES string of the molecule is O=C(CCc1ccccc1)N1CCCC(C2=NC3(CCN([SH+](=O)CCc4cccc5ccccc45)CC3)C(=O)N2)C1. The first-order valence-electron chi connectivity index (χ1n) is 14.9. The topological polar surface area (TPSA) is 82.1 Å². The van der Waals surface area contributed by atoms with E-state index in [0.29, 0.717) is 44.6 Å². The molecule has 7 nitrogen and oxygen atoms in total. The van der Waals surface area contributed by atoms with Gasteiger partial charge in [0, 0.05) is 44.9 Å². The number of piperidine rings is 2. The molecule has 6 rings (SSSR count). The smallest absolute Gasteiger partial charge is 0.253 e. The van der Waals surface area contributed by atoms with Gasteiger partial charge in [-0.15, -0.1) is 4.31 Å². The standard InChI is InChI=1S/C33H38N4O3S/c38-30(16-15-25-8-2-1-3-9-25)36-20-7-13-28(24-36)31-34-32(39)33(35-31)18-21-37(22-19-33)41(40)23-17-27-12-6-11-26-10-4-5-14-29(26)27/h1-6,8-12,14,28H,7,13,15-24H2,(H,34,35,39)/p+1. The zero-order valence-corrected chi connectivity index (χ0v) is 24.4. The second-order valence-electron chi connectivity index (χ2n) is 11.6. The van der Waals surface area contributed by atoms with Crippen molar-refractivity contribution in [2.24, 2.45) is 10.9 Å². The first-order chi connectivity index (χ1) is 20.0. The molecule has 3 aromatic carbocycles. The molecule has 0 radical (unpaired) electrons. The van der Waals surface area contributed by atoms with Gasteiger partial charge in [0.05, 0.1) is 0 Å². The number of amides is 2. The number of fused-ring (bicyclic) bond motifs is 1. The lowest BCUT2D eigenvalue weighted by Crippen LogP contribution is -2.50. The fourth-order valence-corrected chi connectivity index (χ4v) is 7.87. The number of aryl methyl sites for hydroxylation is 2. The van der Waals surface area contributed by atoms with E-state index in [0.717, 1.165) is 38.1 Å². The molecule has 214 valence electrons. The molecule has 1 N–H and O–H groups in total. The molecular formula is C33H39N4O3S+. The molecule has 2 atom stereocenters. The number of aliphatic imine (C=N–C) groups is 1. The Morgan fingerprint density at radius 2 is 1.71 bits per heavy atom. The van der Waals surface area contributed by atoms with Gasteiger partial charge in [-0.25, -0.2) is 0 Å². The number of thiol groups is 1. The van der Waals surface area contributed by atoms with Gasteiger partial charge in [-0.3, -0.25) is 14.6 Å². The van der Waals surface area contributed by atoms with Crippen molar-refractivity contribution in [2.75, 3.05) is 31.9 Å².